The van der Waals surface area contributed by atoms with Gasteiger partial charge in [-0.05, 0) is 12.3 Å². The molecule has 1 fully saturated rings. The summed E-state index contributed by atoms with van der Waals surface area (Å²) in [4.78, 5) is 12.3. The quantitative estimate of drug-likeness (QED) is 0.640. The molecule has 0 unspecified atom stereocenters. The molecule has 0 bridgehead atoms. The summed E-state index contributed by atoms with van der Waals surface area (Å²) in [6.07, 6.45) is 2.04. The minimum Gasteiger partial charge on any atom is -0.327 e. The van der Waals surface area contributed by atoms with E-state index in [2.05, 4.69) is 11.8 Å². The highest BCUT2D eigenvalue weighted by atomic mass is 35.5. The molecule has 1 heterocycles. The first-order chi connectivity index (χ1) is 5.22. The molecule has 12 heavy (non-hydrogen) atoms. The molecule has 0 aromatic heterocycles. The van der Waals surface area contributed by atoms with E-state index in [4.69, 9.17) is 5.73 Å². The Labute approximate surface area is 79.7 Å². The van der Waals surface area contributed by atoms with Gasteiger partial charge in [0.2, 0.25) is 0 Å². The zero-order valence-electron chi connectivity index (χ0n) is 7.40. The van der Waals surface area contributed by atoms with Crippen LogP contribution in [0.1, 0.15) is 13.3 Å². The lowest BCUT2D eigenvalue weighted by atomic mass is 9.97. The van der Waals surface area contributed by atoms with Crippen molar-refractivity contribution in [2.45, 2.75) is 19.4 Å². The summed E-state index contributed by atoms with van der Waals surface area (Å²) in [5, 5.41) is 0. The van der Waals surface area contributed by atoms with Gasteiger partial charge in [-0.2, -0.15) is 0 Å². The summed E-state index contributed by atoms with van der Waals surface area (Å²) in [5.41, 5.74) is 5.79. The van der Waals surface area contributed by atoms with Gasteiger partial charge in [-0.25, -0.2) is 0 Å². The molecule has 1 aliphatic rings. The average Bonchev–Trinajstić information content (AvgIpc) is 1.85. The molecule has 0 radical (unpaired) electrons. The van der Waals surface area contributed by atoms with Crippen molar-refractivity contribution in [1.29, 1.82) is 0 Å². The second-order valence-corrected chi connectivity index (χ2v) is 3.49. The molecular formula is C8H17ClN2O. The topological polar surface area (TPSA) is 46.3 Å². The smallest absolute Gasteiger partial charge is 0.133 e. The van der Waals surface area contributed by atoms with Crippen molar-refractivity contribution in [3.63, 3.8) is 0 Å². The molecule has 2 N–H and O–H groups in total. The molecule has 0 aliphatic carbocycles. The number of aldehydes is 1. The fourth-order valence-corrected chi connectivity index (χ4v) is 1.77. The van der Waals surface area contributed by atoms with Gasteiger partial charge in [-0.1, -0.05) is 6.92 Å². The molecule has 72 valence electrons. The molecule has 1 saturated heterocycles. The van der Waals surface area contributed by atoms with E-state index in [0.717, 1.165) is 25.8 Å². The third-order valence-corrected chi connectivity index (χ3v) is 2.10. The number of piperidine rings is 1. The molecule has 2 atom stereocenters. The summed E-state index contributed by atoms with van der Waals surface area (Å²) in [6.45, 7) is 4.62. The van der Waals surface area contributed by atoms with E-state index in [1.165, 1.54) is 0 Å². The van der Waals surface area contributed by atoms with Gasteiger partial charge in [0, 0.05) is 19.1 Å². The minimum atomic E-state index is 0. The Morgan fingerprint density at radius 2 is 2.25 bits per heavy atom. The third kappa shape index (κ3) is 3.52. The van der Waals surface area contributed by atoms with Crippen molar-refractivity contribution in [3.8, 4) is 0 Å². The molecule has 1 aliphatic heterocycles. The van der Waals surface area contributed by atoms with Gasteiger partial charge < -0.3 is 10.5 Å². The van der Waals surface area contributed by atoms with Crippen LogP contribution in [0.5, 0.6) is 0 Å². The van der Waals surface area contributed by atoms with Crippen molar-refractivity contribution >= 4 is 18.7 Å². The van der Waals surface area contributed by atoms with Gasteiger partial charge in [-0.15, -0.1) is 12.4 Å². The Hall–Kier alpha value is -0.120. The number of hydrogen-bond donors (Lipinski definition) is 1. The number of carbonyl (C=O) groups is 1. The maximum Gasteiger partial charge on any atom is 0.133 e. The number of hydrogen-bond acceptors (Lipinski definition) is 3. The minimum absolute atomic E-state index is 0. The Balaban J connectivity index is 0.00000121. The molecule has 0 spiro atoms. The van der Waals surface area contributed by atoms with Crippen LogP contribution in [-0.4, -0.2) is 36.9 Å². The van der Waals surface area contributed by atoms with Gasteiger partial charge in [-0.3, -0.25) is 4.90 Å². The molecule has 1 rings (SSSR count). The van der Waals surface area contributed by atoms with Crippen LogP contribution in [0.25, 0.3) is 0 Å². The molecule has 4 heteroatoms. The summed E-state index contributed by atoms with van der Waals surface area (Å²) >= 11 is 0. The predicted octanol–water partition coefficient (Wildman–Crippen LogP) is 0.276. The van der Waals surface area contributed by atoms with Crippen LogP contribution >= 0.6 is 12.4 Å². The van der Waals surface area contributed by atoms with Crippen LogP contribution < -0.4 is 5.73 Å². The van der Waals surface area contributed by atoms with Crippen molar-refractivity contribution in [2.24, 2.45) is 11.7 Å². The Bertz CT molecular complexity index is 133. The van der Waals surface area contributed by atoms with Crippen molar-refractivity contribution in [2.75, 3.05) is 19.6 Å². The van der Waals surface area contributed by atoms with Gasteiger partial charge in [0.15, 0.2) is 0 Å². The second-order valence-electron chi connectivity index (χ2n) is 3.49. The fraction of sp³-hybridized carbons (Fsp3) is 0.875. The average molecular weight is 193 g/mol. The van der Waals surface area contributed by atoms with Crippen LogP contribution in [0, 0.1) is 5.92 Å². The maximum atomic E-state index is 10.2. The van der Waals surface area contributed by atoms with Crippen molar-refractivity contribution in [1.82, 2.24) is 4.90 Å². The number of halogens is 1. The standard InChI is InChI=1S/C8H16N2O.ClH/c1-7-4-8(9)6-10(5-7)2-3-11;/h3,7-8H,2,4-6,9H2,1H3;1H/t7-,8-;/m1./s1. The zero-order chi connectivity index (χ0) is 8.27. The maximum absolute atomic E-state index is 10.2. The van der Waals surface area contributed by atoms with E-state index in [1.807, 2.05) is 0 Å². The van der Waals surface area contributed by atoms with Crippen LogP contribution in [-0.2, 0) is 4.79 Å². The third-order valence-electron chi connectivity index (χ3n) is 2.10. The summed E-state index contributed by atoms with van der Waals surface area (Å²) in [5.74, 6) is 0.638. The van der Waals surface area contributed by atoms with E-state index < -0.39 is 0 Å². The van der Waals surface area contributed by atoms with E-state index in [1.54, 1.807) is 0 Å². The molecule has 0 aromatic carbocycles. The number of carbonyl (C=O) groups excluding carboxylic acids is 1. The fourth-order valence-electron chi connectivity index (χ4n) is 1.77. The van der Waals surface area contributed by atoms with E-state index in [0.29, 0.717) is 12.5 Å². The predicted molar refractivity (Wildman–Crippen MR) is 51.5 cm³/mol. The molecule has 3 nitrogen and oxygen atoms in total. The highest BCUT2D eigenvalue weighted by molar-refractivity contribution is 5.85. The molecule has 0 amide bonds. The Morgan fingerprint density at radius 1 is 1.58 bits per heavy atom. The normalized spacial score (nSPS) is 30.8. The van der Waals surface area contributed by atoms with Crippen molar-refractivity contribution < 1.29 is 4.79 Å². The first-order valence-electron chi connectivity index (χ1n) is 4.14. The molecule has 0 saturated carbocycles. The van der Waals surface area contributed by atoms with E-state index >= 15 is 0 Å². The first kappa shape index (κ1) is 11.9. The number of nitrogens with zero attached hydrogens (tertiary/aromatic N) is 1. The first-order valence-corrected chi connectivity index (χ1v) is 4.14. The second kappa shape index (κ2) is 5.51. The largest absolute Gasteiger partial charge is 0.327 e. The van der Waals surface area contributed by atoms with Crippen LogP contribution in [0.15, 0.2) is 0 Å². The van der Waals surface area contributed by atoms with Gasteiger partial charge >= 0.3 is 0 Å². The van der Waals surface area contributed by atoms with Crippen LogP contribution in [0.4, 0.5) is 0 Å². The molecule has 0 aromatic rings. The lowest BCUT2D eigenvalue weighted by Gasteiger charge is -2.33. The highest BCUT2D eigenvalue weighted by Gasteiger charge is 2.20. The van der Waals surface area contributed by atoms with Gasteiger partial charge in [0.05, 0.1) is 6.54 Å². The summed E-state index contributed by atoms with van der Waals surface area (Å²) in [6, 6.07) is 0.263. The van der Waals surface area contributed by atoms with Gasteiger partial charge in [0.1, 0.15) is 6.29 Å². The monoisotopic (exact) mass is 192 g/mol. The summed E-state index contributed by atoms with van der Waals surface area (Å²) < 4.78 is 0. The van der Waals surface area contributed by atoms with E-state index in [9.17, 15) is 4.79 Å². The number of likely N-dealkylation sites (tertiary alicyclic amines) is 1. The highest BCUT2D eigenvalue weighted by Crippen LogP contribution is 2.13. The lowest BCUT2D eigenvalue weighted by molar-refractivity contribution is -0.109. The van der Waals surface area contributed by atoms with Crippen LogP contribution in [0.3, 0.4) is 0 Å². The van der Waals surface area contributed by atoms with Crippen LogP contribution in [0.2, 0.25) is 0 Å². The van der Waals surface area contributed by atoms with Gasteiger partial charge in [0.25, 0.3) is 0 Å². The number of nitrogens with two attached hydrogens (primary N) is 1. The van der Waals surface area contributed by atoms with E-state index in [-0.39, 0.29) is 18.4 Å². The zero-order valence-corrected chi connectivity index (χ0v) is 8.22. The summed E-state index contributed by atoms with van der Waals surface area (Å²) in [7, 11) is 0. The van der Waals surface area contributed by atoms with Crippen molar-refractivity contribution in [3.05, 3.63) is 0 Å². The lowest BCUT2D eigenvalue weighted by Crippen LogP contribution is -2.46. The Morgan fingerprint density at radius 3 is 2.75 bits per heavy atom. The molecular weight excluding hydrogens is 176 g/mol. The SMILES string of the molecule is C[C@@H]1C[C@@H](N)CN(CC=O)C1.Cl. The number of rotatable bonds is 2. The Kier molecular flexibility index (Phi) is 5.46.